The van der Waals surface area contributed by atoms with Crippen molar-refractivity contribution in [1.29, 1.82) is 0 Å². The molecule has 1 amide bonds. The van der Waals surface area contributed by atoms with E-state index in [0.29, 0.717) is 43.3 Å². The number of carbonyl (C=O) groups is 1. The Bertz CT molecular complexity index is 421. The van der Waals surface area contributed by atoms with Crippen molar-refractivity contribution < 1.29 is 14.3 Å². The summed E-state index contributed by atoms with van der Waals surface area (Å²) >= 11 is 0. The molecular formula is C14H22N2O3. The molecule has 0 heterocycles. The molecule has 19 heavy (non-hydrogen) atoms. The van der Waals surface area contributed by atoms with Crippen LogP contribution in [0.1, 0.15) is 24.2 Å². The number of ether oxygens (including phenoxy) is 2. The Morgan fingerprint density at radius 1 is 1.37 bits per heavy atom. The molecule has 0 fully saturated rings. The largest absolute Gasteiger partial charge is 0.491 e. The standard InChI is InChI=1S/C14H22N2O3/c1-4-16(9-10-18-3)14(17)11-7-6-8-12(15)13(11)19-5-2/h6-8H,4-5,9-10,15H2,1-3H3. The second-order valence-electron chi connectivity index (χ2n) is 4.03. The van der Waals surface area contributed by atoms with Gasteiger partial charge in [0.05, 0.1) is 24.5 Å². The van der Waals surface area contributed by atoms with Gasteiger partial charge in [-0.05, 0) is 26.0 Å². The second-order valence-corrected chi connectivity index (χ2v) is 4.03. The highest BCUT2D eigenvalue weighted by molar-refractivity contribution is 5.98. The molecule has 106 valence electrons. The second kappa shape index (κ2) is 7.63. The average molecular weight is 266 g/mol. The number of likely N-dealkylation sites (N-methyl/N-ethyl adjacent to an activating group) is 1. The number of methoxy groups -OCH3 is 1. The lowest BCUT2D eigenvalue weighted by Gasteiger charge is -2.22. The molecule has 0 spiro atoms. The first-order valence-electron chi connectivity index (χ1n) is 6.45. The Kier molecular flexibility index (Phi) is 6.15. The monoisotopic (exact) mass is 266 g/mol. The molecule has 0 unspecified atom stereocenters. The fourth-order valence-electron chi connectivity index (χ4n) is 1.80. The summed E-state index contributed by atoms with van der Waals surface area (Å²) in [5.74, 6) is 0.376. The van der Waals surface area contributed by atoms with Crippen LogP contribution in [0, 0.1) is 0 Å². The van der Waals surface area contributed by atoms with Crippen molar-refractivity contribution in [3.05, 3.63) is 23.8 Å². The van der Waals surface area contributed by atoms with Crippen LogP contribution in [0.5, 0.6) is 5.75 Å². The molecule has 1 aromatic rings. The van der Waals surface area contributed by atoms with Crippen LogP contribution < -0.4 is 10.5 Å². The number of para-hydroxylation sites is 1. The Morgan fingerprint density at radius 2 is 2.11 bits per heavy atom. The lowest BCUT2D eigenvalue weighted by Crippen LogP contribution is -2.34. The quantitative estimate of drug-likeness (QED) is 0.764. The van der Waals surface area contributed by atoms with Gasteiger partial charge >= 0.3 is 0 Å². The minimum atomic E-state index is -0.0877. The highest BCUT2D eigenvalue weighted by Gasteiger charge is 2.19. The number of hydrogen-bond acceptors (Lipinski definition) is 4. The summed E-state index contributed by atoms with van der Waals surface area (Å²) in [5.41, 5.74) is 6.85. The van der Waals surface area contributed by atoms with E-state index in [1.54, 1.807) is 30.2 Å². The van der Waals surface area contributed by atoms with E-state index in [4.69, 9.17) is 15.2 Å². The van der Waals surface area contributed by atoms with Crippen molar-refractivity contribution in [1.82, 2.24) is 4.90 Å². The smallest absolute Gasteiger partial charge is 0.257 e. The third kappa shape index (κ3) is 3.86. The maximum atomic E-state index is 12.5. The number of carbonyl (C=O) groups excluding carboxylic acids is 1. The van der Waals surface area contributed by atoms with Crippen LogP contribution in [-0.2, 0) is 4.74 Å². The van der Waals surface area contributed by atoms with E-state index in [2.05, 4.69) is 0 Å². The number of nitrogen functional groups attached to an aromatic ring is 1. The lowest BCUT2D eigenvalue weighted by molar-refractivity contribution is 0.0702. The van der Waals surface area contributed by atoms with Gasteiger partial charge in [-0.1, -0.05) is 6.07 Å². The summed E-state index contributed by atoms with van der Waals surface area (Å²) < 4.78 is 10.5. The molecule has 1 aromatic carbocycles. The molecule has 2 N–H and O–H groups in total. The third-order valence-corrected chi connectivity index (χ3v) is 2.80. The van der Waals surface area contributed by atoms with E-state index < -0.39 is 0 Å². The number of nitrogens with zero attached hydrogens (tertiary/aromatic N) is 1. The summed E-state index contributed by atoms with van der Waals surface area (Å²) in [4.78, 5) is 14.2. The van der Waals surface area contributed by atoms with Crippen LogP contribution in [0.3, 0.4) is 0 Å². The van der Waals surface area contributed by atoms with Gasteiger partial charge < -0.3 is 20.1 Å². The zero-order valence-electron chi connectivity index (χ0n) is 11.8. The molecule has 0 atom stereocenters. The highest BCUT2D eigenvalue weighted by Crippen LogP contribution is 2.27. The predicted octanol–water partition coefficient (Wildman–Crippen LogP) is 1.78. The van der Waals surface area contributed by atoms with Gasteiger partial charge in [0.25, 0.3) is 5.91 Å². The molecule has 0 aliphatic heterocycles. The van der Waals surface area contributed by atoms with Gasteiger partial charge in [-0.25, -0.2) is 0 Å². The molecule has 5 heteroatoms. The molecule has 0 bridgehead atoms. The number of benzene rings is 1. The summed E-state index contributed by atoms with van der Waals surface area (Å²) in [6.45, 7) is 5.93. The molecule has 5 nitrogen and oxygen atoms in total. The molecule has 0 saturated carbocycles. The summed E-state index contributed by atoms with van der Waals surface area (Å²) in [6.07, 6.45) is 0. The molecule has 0 aromatic heterocycles. The van der Waals surface area contributed by atoms with Crippen LogP contribution >= 0.6 is 0 Å². The summed E-state index contributed by atoms with van der Waals surface area (Å²) in [5, 5.41) is 0. The summed E-state index contributed by atoms with van der Waals surface area (Å²) in [6, 6.07) is 5.22. The molecule has 0 radical (unpaired) electrons. The molecule has 0 aliphatic rings. The number of rotatable bonds is 7. The highest BCUT2D eigenvalue weighted by atomic mass is 16.5. The first kappa shape index (κ1) is 15.3. The van der Waals surface area contributed by atoms with E-state index in [1.807, 2.05) is 13.8 Å². The van der Waals surface area contributed by atoms with Crippen molar-refractivity contribution in [2.24, 2.45) is 0 Å². The Morgan fingerprint density at radius 3 is 2.68 bits per heavy atom. The zero-order valence-corrected chi connectivity index (χ0v) is 11.8. The Hall–Kier alpha value is -1.75. The Balaban J connectivity index is 3.00. The SMILES string of the molecule is CCOc1c(N)cccc1C(=O)N(CC)CCOC. The van der Waals surface area contributed by atoms with Crippen LogP contribution in [0.25, 0.3) is 0 Å². The molecule has 0 saturated heterocycles. The number of hydrogen-bond donors (Lipinski definition) is 1. The lowest BCUT2D eigenvalue weighted by atomic mass is 10.1. The minimum absolute atomic E-state index is 0.0877. The van der Waals surface area contributed by atoms with Gasteiger partial charge in [0.1, 0.15) is 0 Å². The third-order valence-electron chi connectivity index (χ3n) is 2.80. The van der Waals surface area contributed by atoms with Crippen LogP contribution in [0.15, 0.2) is 18.2 Å². The zero-order chi connectivity index (χ0) is 14.3. The fraction of sp³-hybridized carbons (Fsp3) is 0.500. The van der Waals surface area contributed by atoms with Gasteiger partial charge in [0.2, 0.25) is 0 Å². The van der Waals surface area contributed by atoms with E-state index in [9.17, 15) is 4.79 Å². The maximum Gasteiger partial charge on any atom is 0.257 e. The van der Waals surface area contributed by atoms with Crippen molar-refractivity contribution in [3.63, 3.8) is 0 Å². The number of anilines is 1. The van der Waals surface area contributed by atoms with Crippen LogP contribution in [0.4, 0.5) is 5.69 Å². The Labute approximate surface area is 114 Å². The maximum absolute atomic E-state index is 12.5. The molecule has 0 aliphatic carbocycles. The minimum Gasteiger partial charge on any atom is -0.491 e. The van der Waals surface area contributed by atoms with E-state index in [-0.39, 0.29) is 5.91 Å². The molecular weight excluding hydrogens is 244 g/mol. The van der Waals surface area contributed by atoms with Crippen LogP contribution in [-0.4, -0.2) is 44.2 Å². The van der Waals surface area contributed by atoms with Gasteiger partial charge in [0, 0.05) is 20.2 Å². The summed E-state index contributed by atoms with van der Waals surface area (Å²) in [7, 11) is 1.62. The van der Waals surface area contributed by atoms with E-state index in [0.717, 1.165) is 0 Å². The average Bonchev–Trinajstić information content (AvgIpc) is 2.42. The first-order valence-corrected chi connectivity index (χ1v) is 6.45. The number of amides is 1. The van der Waals surface area contributed by atoms with Crippen molar-refractivity contribution >= 4 is 11.6 Å². The predicted molar refractivity (Wildman–Crippen MR) is 75.5 cm³/mol. The fourth-order valence-corrected chi connectivity index (χ4v) is 1.80. The topological polar surface area (TPSA) is 64.8 Å². The normalized spacial score (nSPS) is 10.3. The van der Waals surface area contributed by atoms with E-state index in [1.165, 1.54) is 0 Å². The van der Waals surface area contributed by atoms with Crippen molar-refractivity contribution in [3.8, 4) is 5.75 Å². The van der Waals surface area contributed by atoms with E-state index >= 15 is 0 Å². The molecule has 1 rings (SSSR count). The van der Waals surface area contributed by atoms with Gasteiger partial charge in [-0.3, -0.25) is 4.79 Å². The van der Waals surface area contributed by atoms with Crippen LogP contribution in [0.2, 0.25) is 0 Å². The van der Waals surface area contributed by atoms with Crippen molar-refractivity contribution in [2.75, 3.05) is 39.1 Å². The first-order chi connectivity index (χ1) is 9.15. The van der Waals surface area contributed by atoms with Gasteiger partial charge in [-0.2, -0.15) is 0 Å². The number of nitrogens with two attached hydrogens (primary N) is 1. The van der Waals surface area contributed by atoms with Crippen molar-refractivity contribution in [2.45, 2.75) is 13.8 Å². The van der Waals surface area contributed by atoms with Gasteiger partial charge in [-0.15, -0.1) is 0 Å². The van der Waals surface area contributed by atoms with Gasteiger partial charge in [0.15, 0.2) is 5.75 Å².